The first-order valence-corrected chi connectivity index (χ1v) is 6.24. The zero-order chi connectivity index (χ0) is 12.7. The summed E-state index contributed by atoms with van der Waals surface area (Å²) in [5.41, 5.74) is 8.32. The van der Waals surface area contributed by atoms with Gasteiger partial charge >= 0.3 is 0 Å². The number of fused-ring (bicyclic) bond motifs is 1. The molecule has 0 radical (unpaired) electrons. The van der Waals surface area contributed by atoms with Crippen LogP contribution in [0.15, 0.2) is 18.2 Å². The van der Waals surface area contributed by atoms with E-state index in [1.54, 1.807) is 0 Å². The lowest BCUT2D eigenvalue weighted by Gasteiger charge is -2.12. The van der Waals surface area contributed by atoms with E-state index in [2.05, 4.69) is 4.98 Å². The third kappa shape index (κ3) is 1.85. The van der Waals surface area contributed by atoms with Crippen LogP contribution in [0.4, 0.5) is 5.69 Å². The van der Waals surface area contributed by atoms with Gasteiger partial charge in [0, 0.05) is 5.92 Å². The van der Waals surface area contributed by atoms with Gasteiger partial charge in [-0.3, -0.25) is 0 Å². The van der Waals surface area contributed by atoms with Crippen LogP contribution in [0.1, 0.15) is 24.6 Å². The molecule has 18 heavy (non-hydrogen) atoms. The van der Waals surface area contributed by atoms with E-state index in [-0.39, 0.29) is 6.61 Å². The summed E-state index contributed by atoms with van der Waals surface area (Å²) in [6.45, 7) is 0.119. The smallest absolute Gasteiger partial charge is 0.113 e. The van der Waals surface area contributed by atoms with Crippen LogP contribution in [-0.4, -0.2) is 32.5 Å². The topological polar surface area (TPSA) is 84.3 Å². The maximum atomic E-state index is 9.66. The van der Waals surface area contributed by atoms with Crippen molar-refractivity contribution in [3.8, 4) is 0 Å². The lowest BCUT2D eigenvalue weighted by Crippen LogP contribution is -2.21. The van der Waals surface area contributed by atoms with Crippen molar-refractivity contribution in [2.24, 2.45) is 0 Å². The Morgan fingerprint density at radius 3 is 2.89 bits per heavy atom. The van der Waals surface area contributed by atoms with E-state index in [4.69, 9.17) is 10.8 Å². The zero-order valence-electron chi connectivity index (χ0n) is 10.1. The summed E-state index contributed by atoms with van der Waals surface area (Å²) in [5.74, 6) is 1.46. The number of para-hydroxylation sites is 1. The molecule has 1 aliphatic carbocycles. The summed E-state index contributed by atoms with van der Waals surface area (Å²) >= 11 is 0. The van der Waals surface area contributed by atoms with Crippen molar-refractivity contribution in [3.63, 3.8) is 0 Å². The average molecular weight is 247 g/mol. The highest BCUT2D eigenvalue weighted by atomic mass is 16.3. The molecule has 1 saturated carbocycles. The minimum absolute atomic E-state index is 0.244. The van der Waals surface area contributed by atoms with Gasteiger partial charge in [-0.05, 0) is 25.0 Å². The Labute approximate surface area is 105 Å². The second-order valence-electron chi connectivity index (χ2n) is 4.91. The quantitative estimate of drug-likeness (QED) is 0.699. The number of nitrogens with zero attached hydrogens (tertiary/aromatic N) is 2. The van der Waals surface area contributed by atoms with Crippen LogP contribution in [0.3, 0.4) is 0 Å². The van der Waals surface area contributed by atoms with Crippen LogP contribution in [0, 0.1) is 0 Å². The number of aliphatic hydroxyl groups excluding tert-OH is 2. The van der Waals surface area contributed by atoms with Crippen molar-refractivity contribution in [1.82, 2.24) is 9.55 Å². The van der Waals surface area contributed by atoms with Crippen LogP contribution in [0.2, 0.25) is 0 Å². The van der Waals surface area contributed by atoms with Gasteiger partial charge < -0.3 is 20.5 Å². The Bertz CT molecular complexity index is 575. The van der Waals surface area contributed by atoms with Crippen LogP contribution in [0.5, 0.6) is 0 Å². The first kappa shape index (κ1) is 11.5. The number of imidazole rings is 1. The summed E-state index contributed by atoms with van der Waals surface area (Å²) < 4.78 is 1.99. The van der Waals surface area contributed by atoms with Crippen LogP contribution in [0.25, 0.3) is 11.0 Å². The first-order chi connectivity index (χ1) is 8.70. The highest BCUT2D eigenvalue weighted by Gasteiger charge is 2.30. The minimum Gasteiger partial charge on any atom is -0.397 e. The van der Waals surface area contributed by atoms with Crippen LogP contribution < -0.4 is 5.73 Å². The minimum atomic E-state index is -0.763. The number of benzene rings is 1. The van der Waals surface area contributed by atoms with E-state index >= 15 is 0 Å². The van der Waals surface area contributed by atoms with Gasteiger partial charge in [0.15, 0.2) is 0 Å². The summed E-state index contributed by atoms with van der Waals surface area (Å²) in [5, 5.41) is 18.7. The molecular weight excluding hydrogens is 230 g/mol. The number of rotatable bonds is 4. The number of anilines is 1. The molecule has 0 amide bonds. The van der Waals surface area contributed by atoms with Crippen molar-refractivity contribution in [2.45, 2.75) is 31.4 Å². The number of aromatic nitrogens is 2. The second-order valence-corrected chi connectivity index (χ2v) is 4.91. The van der Waals surface area contributed by atoms with Crippen molar-refractivity contribution in [3.05, 3.63) is 24.0 Å². The van der Waals surface area contributed by atoms with E-state index in [9.17, 15) is 5.11 Å². The van der Waals surface area contributed by atoms with Gasteiger partial charge in [-0.25, -0.2) is 4.98 Å². The molecule has 5 heteroatoms. The molecule has 0 aliphatic heterocycles. The summed E-state index contributed by atoms with van der Waals surface area (Å²) in [7, 11) is 0. The highest BCUT2D eigenvalue weighted by Crippen LogP contribution is 2.41. The van der Waals surface area contributed by atoms with Crippen molar-refractivity contribution < 1.29 is 10.2 Å². The Hall–Kier alpha value is -1.59. The van der Waals surface area contributed by atoms with Gasteiger partial charge in [-0.2, -0.15) is 0 Å². The van der Waals surface area contributed by atoms with Gasteiger partial charge in [0.05, 0.1) is 30.5 Å². The molecule has 1 heterocycles. The molecule has 5 nitrogen and oxygen atoms in total. The predicted molar refractivity (Wildman–Crippen MR) is 69.2 cm³/mol. The fourth-order valence-electron chi connectivity index (χ4n) is 2.30. The molecule has 2 aromatic rings. The lowest BCUT2D eigenvalue weighted by atomic mass is 10.2. The van der Waals surface area contributed by atoms with E-state index in [0.29, 0.717) is 18.2 Å². The Kier molecular flexibility index (Phi) is 2.72. The first-order valence-electron chi connectivity index (χ1n) is 6.24. The molecule has 1 fully saturated rings. The maximum absolute atomic E-state index is 9.66. The van der Waals surface area contributed by atoms with Gasteiger partial charge in [-0.15, -0.1) is 0 Å². The molecule has 0 saturated heterocycles. The third-order valence-corrected chi connectivity index (χ3v) is 3.39. The zero-order valence-corrected chi connectivity index (χ0v) is 10.1. The standard InChI is InChI=1S/C13H17N3O2/c14-10-2-1-3-11-12(10)15-13(8-4-5-8)16(11)6-9(18)7-17/h1-3,8-9,17-18H,4-7,14H2. The largest absolute Gasteiger partial charge is 0.397 e. The number of aliphatic hydroxyl groups is 2. The van der Waals surface area contributed by atoms with E-state index in [1.165, 1.54) is 0 Å². The van der Waals surface area contributed by atoms with E-state index in [1.807, 2.05) is 22.8 Å². The average Bonchev–Trinajstić information content (AvgIpc) is 3.14. The molecule has 1 unspecified atom stereocenters. The lowest BCUT2D eigenvalue weighted by molar-refractivity contribution is 0.0814. The maximum Gasteiger partial charge on any atom is 0.113 e. The molecule has 1 atom stereocenters. The van der Waals surface area contributed by atoms with Crippen molar-refractivity contribution in [1.29, 1.82) is 0 Å². The monoisotopic (exact) mass is 247 g/mol. The summed E-state index contributed by atoms with van der Waals surface area (Å²) in [6.07, 6.45) is 1.51. The number of hydrogen-bond acceptors (Lipinski definition) is 4. The Balaban J connectivity index is 2.12. The van der Waals surface area contributed by atoms with Gasteiger partial charge in [0.25, 0.3) is 0 Å². The van der Waals surface area contributed by atoms with E-state index < -0.39 is 6.10 Å². The Morgan fingerprint density at radius 2 is 2.22 bits per heavy atom. The highest BCUT2D eigenvalue weighted by molar-refractivity contribution is 5.87. The molecule has 1 aromatic heterocycles. The third-order valence-electron chi connectivity index (χ3n) is 3.39. The second kappa shape index (κ2) is 4.26. The molecule has 4 N–H and O–H groups in total. The SMILES string of the molecule is Nc1cccc2c1nc(C1CC1)n2CC(O)CO. The van der Waals surface area contributed by atoms with Crippen LogP contribution in [-0.2, 0) is 6.54 Å². The predicted octanol–water partition coefficient (Wildman–Crippen LogP) is 0.849. The summed E-state index contributed by atoms with van der Waals surface area (Å²) in [6, 6.07) is 5.67. The van der Waals surface area contributed by atoms with Gasteiger partial charge in [-0.1, -0.05) is 6.07 Å². The van der Waals surface area contributed by atoms with Gasteiger partial charge in [0.1, 0.15) is 11.3 Å². The fourth-order valence-corrected chi connectivity index (χ4v) is 2.30. The molecule has 1 aromatic carbocycles. The molecule has 0 spiro atoms. The number of hydrogen-bond donors (Lipinski definition) is 3. The fraction of sp³-hybridized carbons (Fsp3) is 0.462. The molecule has 96 valence electrons. The molecule has 1 aliphatic rings. The van der Waals surface area contributed by atoms with E-state index in [0.717, 1.165) is 29.7 Å². The molecular formula is C13H17N3O2. The number of nitrogen functional groups attached to an aromatic ring is 1. The van der Waals surface area contributed by atoms with Crippen molar-refractivity contribution >= 4 is 16.7 Å². The molecule has 0 bridgehead atoms. The summed E-state index contributed by atoms with van der Waals surface area (Å²) in [4.78, 5) is 4.61. The number of nitrogens with two attached hydrogens (primary N) is 1. The van der Waals surface area contributed by atoms with Crippen molar-refractivity contribution in [2.75, 3.05) is 12.3 Å². The normalized spacial score (nSPS) is 17.2. The Morgan fingerprint density at radius 1 is 1.44 bits per heavy atom. The van der Waals surface area contributed by atoms with Crippen LogP contribution >= 0.6 is 0 Å². The molecule has 3 rings (SSSR count). The van der Waals surface area contributed by atoms with Gasteiger partial charge in [0.2, 0.25) is 0 Å².